The number of unbranched alkanes of at least 4 members (excludes halogenated alkanes) is 1. The summed E-state index contributed by atoms with van der Waals surface area (Å²) in [5.74, 6) is 0. The van der Waals surface area contributed by atoms with Gasteiger partial charge in [-0.05, 0) is 36.5 Å². The summed E-state index contributed by atoms with van der Waals surface area (Å²) < 4.78 is 10.3. The average Bonchev–Trinajstić information content (AvgIpc) is 2.82. The van der Waals surface area contributed by atoms with E-state index in [0.717, 1.165) is 34.2 Å². The second-order valence-electron chi connectivity index (χ2n) is 4.11. The van der Waals surface area contributed by atoms with E-state index in [9.17, 15) is 4.79 Å². The van der Waals surface area contributed by atoms with E-state index in [1.807, 2.05) is 19.1 Å². The minimum absolute atomic E-state index is 0.398. The number of amides is 1. The van der Waals surface area contributed by atoms with Crippen LogP contribution in [-0.2, 0) is 4.74 Å². The Labute approximate surface area is 110 Å². The van der Waals surface area contributed by atoms with Gasteiger partial charge in [0, 0.05) is 5.39 Å². The molecule has 2 aromatic rings. The molecular weight excluding hydrogens is 248 g/mol. The number of hydrogen-bond acceptors (Lipinski definition) is 4. The van der Waals surface area contributed by atoms with Crippen molar-refractivity contribution in [3.05, 3.63) is 23.9 Å². The number of benzene rings is 1. The number of aromatic nitrogens is 1. The first-order chi connectivity index (χ1) is 8.72. The third-order valence-corrected chi connectivity index (χ3v) is 3.47. The van der Waals surface area contributed by atoms with Crippen LogP contribution in [0.5, 0.6) is 0 Å². The van der Waals surface area contributed by atoms with Crippen LogP contribution in [0.2, 0.25) is 0 Å². The van der Waals surface area contributed by atoms with Gasteiger partial charge in [0.1, 0.15) is 0 Å². The van der Waals surface area contributed by atoms with E-state index in [4.69, 9.17) is 4.74 Å². The van der Waals surface area contributed by atoms with Crippen LogP contribution >= 0.6 is 11.5 Å². The Kier molecular flexibility index (Phi) is 4.15. The number of carbonyl (C=O) groups excluding carboxylic acids is 1. The van der Waals surface area contributed by atoms with E-state index in [-0.39, 0.29) is 0 Å². The smallest absolute Gasteiger partial charge is 0.411 e. The summed E-state index contributed by atoms with van der Waals surface area (Å²) in [5.41, 5.74) is 1.80. The van der Waals surface area contributed by atoms with E-state index >= 15 is 0 Å². The van der Waals surface area contributed by atoms with Gasteiger partial charge < -0.3 is 4.74 Å². The van der Waals surface area contributed by atoms with Gasteiger partial charge in [-0.2, -0.15) is 4.37 Å². The Morgan fingerprint density at radius 2 is 2.33 bits per heavy atom. The molecule has 96 valence electrons. The molecule has 2 rings (SSSR count). The third kappa shape index (κ3) is 2.79. The van der Waals surface area contributed by atoms with Gasteiger partial charge in [0.25, 0.3) is 0 Å². The minimum atomic E-state index is -0.398. The number of aryl methyl sites for hydroxylation is 1. The molecule has 18 heavy (non-hydrogen) atoms. The zero-order valence-corrected chi connectivity index (χ0v) is 11.3. The van der Waals surface area contributed by atoms with Crippen molar-refractivity contribution in [1.82, 2.24) is 4.37 Å². The molecule has 1 aromatic carbocycles. The number of nitrogens with one attached hydrogen (secondary N) is 1. The van der Waals surface area contributed by atoms with Crippen molar-refractivity contribution in [2.24, 2.45) is 0 Å². The second-order valence-corrected chi connectivity index (χ2v) is 4.94. The molecule has 0 radical (unpaired) electrons. The van der Waals surface area contributed by atoms with E-state index < -0.39 is 6.09 Å². The number of rotatable bonds is 4. The lowest BCUT2D eigenvalue weighted by Gasteiger charge is -2.09. The highest BCUT2D eigenvalue weighted by Crippen LogP contribution is 2.29. The fourth-order valence-electron chi connectivity index (χ4n) is 1.67. The number of carbonyl (C=O) groups is 1. The Morgan fingerprint density at radius 3 is 3.11 bits per heavy atom. The second kappa shape index (κ2) is 5.82. The summed E-state index contributed by atoms with van der Waals surface area (Å²) in [5, 5.41) is 3.77. The molecule has 1 N–H and O–H groups in total. The molecule has 0 spiro atoms. The molecule has 0 aliphatic rings. The van der Waals surface area contributed by atoms with Crippen molar-refractivity contribution in [1.29, 1.82) is 0 Å². The standard InChI is InChI=1S/C13H16N2O2S/c1-3-4-7-17-13(16)15-12-9(2)5-6-11-10(12)8-14-18-11/h5-6,8H,3-4,7H2,1-2H3,(H,15,16). The molecule has 0 saturated heterocycles. The zero-order valence-electron chi connectivity index (χ0n) is 10.5. The van der Waals surface area contributed by atoms with Crippen molar-refractivity contribution < 1.29 is 9.53 Å². The molecule has 0 unspecified atom stereocenters. The summed E-state index contributed by atoms with van der Waals surface area (Å²) in [4.78, 5) is 11.7. The normalized spacial score (nSPS) is 10.6. The number of fused-ring (bicyclic) bond motifs is 1. The van der Waals surface area contributed by atoms with Gasteiger partial charge in [-0.15, -0.1) is 0 Å². The lowest BCUT2D eigenvalue weighted by molar-refractivity contribution is 0.160. The molecule has 1 amide bonds. The first-order valence-corrected chi connectivity index (χ1v) is 6.77. The summed E-state index contributed by atoms with van der Waals surface area (Å²) in [6, 6.07) is 3.98. The van der Waals surface area contributed by atoms with Crippen LogP contribution in [0.15, 0.2) is 18.3 Å². The Balaban J connectivity index is 2.13. The Morgan fingerprint density at radius 1 is 1.50 bits per heavy atom. The van der Waals surface area contributed by atoms with E-state index in [0.29, 0.717) is 6.61 Å². The van der Waals surface area contributed by atoms with Gasteiger partial charge in [0.15, 0.2) is 0 Å². The third-order valence-electron chi connectivity index (χ3n) is 2.70. The molecular formula is C13H16N2O2S. The van der Waals surface area contributed by atoms with Crippen LogP contribution in [0.3, 0.4) is 0 Å². The van der Waals surface area contributed by atoms with E-state index in [2.05, 4.69) is 16.6 Å². The van der Waals surface area contributed by atoms with Gasteiger partial charge in [-0.1, -0.05) is 19.4 Å². The largest absolute Gasteiger partial charge is 0.449 e. The van der Waals surface area contributed by atoms with Crippen LogP contribution in [0.1, 0.15) is 25.3 Å². The van der Waals surface area contributed by atoms with E-state index in [1.165, 1.54) is 11.5 Å². The summed E-state index contributed by atoms with van der Waals surface area (Å²) in [6.07, 6.45) is 3.27. The highest BCUT2D eigenvalue weighted by atomic mass is 32.1. The fraction of sp³-hybridized carbons (Fsp3) is 0.385. The van der Waals surface area contributed by atoms with Gasteiger partial charge in [-0.25, -0.2) is 4.79 Å². The van der Waals surface area contributed by atoms with Crippen LogP contribution in [-0.4, -0.2) is 17.1 Å². The lowest BCUT2D eigenvalue weighted by atomic mass is 10.1. The molecule has 1 heterocycles. The van der Waals surface area contributed by atoms with Crippen molar-refractivity contribution in [3.63, 3.8) is 0 Å². The van der Waals surface area contributed by atoms with Crippen molar-refractivity contribution >= 4 is 33.4 Å². The van der Waals surface area contributed by atoms with Gasteiger partial charge in [0.2, 0.25) is 0 Å². The van der Waals surface area contributed by atoms with Gasteiger partial charge in [-0.3, -0.25) is 5.32 Å². The first kappa shape index (κ1) is 12.8. The van der Waals surface area contributed by atoms with Crippen LogP contribution in [0.4, 0.5) is 10.5 Å². The molecule has 5 heteroatoms. The molecule has 0 aliphatic heterocycles. The molecule has 0 saturated carbocycles. The van der Waals surface area contributed by atoms with Crippen LogP contribution in [0.25, 0.3) is 10.1 Å². The maximum atomic E-state index is 11.7. The fourth-order valence-corrected chi connectivity index (χ4v) is 2.32. The van der Waals surface area contributed by atoms with Crippen LogP contribution in [0, 0.1) is 6.92 Å². The highest BCUT2D eigenvalue weighted by Gasteiger charge is 2.10. The quantitative estimate of drug-likeness (QED) is 0.850. The molecule has 0 fully saturated rings. The highest BCUT2D eigenvalue weighted by molar-refractivity contribution is 7.13. The molecule has 1 aromatic heterocycles. The topological polar surface area (TPSA) is 51.2 Å². The zero-order chi connectivity index (χ0) is 13.0. The monoisotopic (exact) mass is 264 g/mol. The maximum absolute atomic E-state index is 11.7. The lowest BCUT2D eigenvalue weighted by Crippen LogP contribution is -2.15. The maximum Gasteiger partial charge on any atom is 0.411 e. The van der Waals surface area contributed by atoms with Crippen LogP contribution < -0.4 is 5.32 Å². The number of hydrogen-bond donors (Lipinski definition) is 1. The van der Waals surface area contributed by atoms with E-state index in [1.54, 1.807) is 6.20 Å². The van der Waals surface area contributed by atoms with Crippen molar-refractivity contribution in [2.45, 2.75) is 26.7 Å². The molecule has 0 atom stereocenters. The SMILES string of the molecule is CCCCOC(=O)Nc1c(C)ccc2sncc12. The summed E-state index contributed by atoms with van der Waals surface area (Å²) in [6.45, 7) is 4.47. The predicted molar refractivity (Wildman–Crippen MR) is 74.2 cm³/mol. The number of ether oxygens (including phenoxy) is 1. The van der Waals surface area contributed by atoms with Gasteiger partial charge >= 0.3 is 6.09 Å². The summed E-state index contributed by atoms with van der Waals surface area (Å²) in [7, 11) is 0. The van der Waals surface area contributed by atoms with Crippen molar-refractivity contribution in [3.8, 4) is 0 Å². The average molecular weight is 264 g/mol. The molecule has 4 nitrogen and oxygen atoms in total. The number of anilines is 1. The van der Waals surface area contributed by atoms with Crippen molar-refractivity contribution in [2.75, 3.05) is 11.9 Å². The first-order valence-electron chi connectivity index (χ1n) is 6.00. The number of nitrogens with zero attached hydrogens (tertiary/aromatic N) is 1. The van der Waals surface area contributed by atoms with Gasteiger partial charge in [0.05, 0.1) is 23.2 Å². The predicted octanol–water partition coefficient (Wildman–Crippen LogP) is 3.95. The Hall–Kier alpha value is -1.62. The molecule has 0 aliphatic carbocycles. The molecule has 0 bridgehead atoms. The minimum Gasteiger partial charge on any atom is -0.449 e. The Bertz CT molecular complexity index is 551. The summed E-state index contributed by atoms with van der Waals surface area (Å²) >= 11 is 1.42.